The van der Waals surface area contributed by atoms with E-state index in [4.69, 9.17) is 0 Å². The molecule has 0 aromatic rings. The Bertz CT molecular complexity index is 140. The van der Waals surface area contributed by atoms with Crippen LogP contribution in [-0.2, 0) is 0 Å². The number of nitrogens with zero attached hydrogens (tertiary/aromatic N) is 1. The van der Waals surface area contributed by atoms with Gasteiger partial charge in [-0.25, -0.2) is 0 Å². The summed E-state index contributed by atoms with van der Waals surface area (Å²) >= 11 is 0. The second-order valence-corrected chi connectivity index (χ2v) is 5.49. The van der Waals surface area contributed by atoms with Gasteiger partial charge in [0.05, 0.1) is 0 Å². The van der Waals surface area contributed by atoms with Crippen molar-refractivity contribution in [2.75, 3.05) is 19.6 Å². The van der Waals surface area contributed by atoms with Gasteiger partial charge >= 0.3 is 0 Å². The maximum Gasteiger partial charge on any atom is 0.00326 e. The highest BCUT2D eigenvalue weighted by atomic mass is 15.1. The SMILES string of the molecule is CCCCN(CC)CC(C)(C)CCCC. The largest absolute Gasteiger partial charge is 0.303 e. The van der Waals surface area contributed by atoms with Gasteiger partial charge in [-0.1, -0.05) is 53.9 Å². The Morgan fingerprint density at radius 3 is 2.00 bits per heavy atom. The zero-order chi connectivity index (χ0) is 11.7. The Morgan fingerprint density at radius 1 is 0.933 bits per heavy atom. The van der Waals surface area contributed by atoms with Crippen LogP contribution in [-0.4, -0.2) is 24.5 Å². The van der Waals surface area contributed by atoms with Crippen LogP contribution in [0.2, 0.25) is 0 Å². The third-order valence-electron chi connectivity index (χ3n) is 3.13. The Hall–Kier alpha value is -0.0400. The van der Waals surface area contributed by atoms with E-state index in [2.05, 4.69) is 39.5 Å². The van der Waals surface area contributed by atoms with Crippen molar-refractivity contribution in [3.05, 3.63) is 0 Å². The zero-order valence-corrected chi connectivity index (χ0v) is 11.6. The van der Waals surface area contributed by atoms with Crippen LogP contribution in [0.15, 0.2) is 0 Å². The molecule has 0 amide bonds. The van der Waals surface area contributed by atoms with Crippen molar-refractivity contribution < 1.29 is 0 Å². The molecule has 0 radical (unpaired) electrons. The molecule has 0 aromatic carbocycles. The van der Waals surface area contributed by atoms with E-state index in [1.54, 1.807) is 0 Å². The van der Waals surface area contributed by atoms with Crippen LogP contribution in [0.3, 0.4) is 0 Å². The molecule has 1 heteroatoms. The van der Waals surface area contributed by atoms with Gasteiger partial charge in [-0.15, -0.1) is 0 Å². The molecule has 0 saturated heterocycles. The summed E-state index contributed by atoms with van der Waals surface area (Å²) in [6.07, 6.45) is 6.72. The normalized spacial score (nSPS) is 12.4. The monoisotopic (exact) mass is 213 g/mol. The van der Waals surface area contributed by atoms with E-state index in [9.17, 15) is 0 Å². The first-order valence-electron chi connectivity index (χ1n) is 6.78. The summed E-state index contributed by atoms with van der Waals surface area (Å²) in [5.74, 6) is 0. The Kier molecular flexibility index (Phi) is 8.13. The average molecular weight is 213 g/mol. The van der Waals surface area contributed by atoms with Crippen molar-refractivity contribution in [1.82, 2.24) is 4.90 Å². The summed E-state index contributed by atoms with van der Waals surface area (Å²) in [4.78, 5) is 2.61. The van der Waals surface area contributed by atoms with E-state index in [-0.39, 0.29) is 0 Å². The minimum absolute atomic E-state index is 0.500. The first-order valence-corrected chi connectivity index (χ1v) is 6.78. The summed E-state index contributed by atoms with van der Waals surface area (Å²) < 4.78 is 0. The quantitative estimate of drug-likeness (QED) is 0.551. The third kappa shape index (κ3) is 7.84. The number of unbranched alkanes of at least 4 members (excludes halogenated alkanes) is 2. The van der Waals surface area contributed by atoms with Gasteiger partial charge in [-0.3, -0.25) is 0 Å². The highest BCUT2D eigenvalue weighted by Crippen LogP contribution is 2.24. The molecule has 0 atom stereocenters. The Morgan fingerprint density at radius 2 is 1.53 bits per heavy atom. The molecule has 0 saturated carbocycles. The van der Waals surface area contributed by atoms with E-state index in [1.807, 2.05) is 0 Å². The minimum atomic E-state index is 0.500. The van der Waals surface area contributed by atoms with E-state index in [1.165, 1.54) is 51.7 Å². The summed E-state index contributed by atoms with van der Waals surface area (Å²) in [5, 5.41) is 0. The lowest BCUT2D eigenvalue weighted by atomic mass is 9.86. The van der Waals surface area contributed by atoms with Gasteiger partial charge in [-0.05, 0) is 31.3 Å². The van der Waals surface area contributed by atoms with Crippen LogP contribution >= 0.6 is 0 Å². The minimum Gasteiger partial charge on any atom is -0.303 e. The summed E-state index contributed by atoms with van der Waals surface area (Å²) in [6, 6.07) is 0. The summed E-state index contributed by atoms with van der Waals surface area (Å²) in [5.41, 5.74) is 0.500. The van der Waals surface area contributed by atoms with Gasteiger partial charge in [0, 0.05) is 6.54 Å². The molecular formula is C14H31N. The molecule has 0 fully saturated rings. The van der Waals surface area contributed by atoms with E-state index in [0.717, 1.165) is 0 Å². The third-order valence-corrected chi connectivity index (χ3v) is 3.13. The molecule has 0 N–H and O–H groups in total. The maximum absolute atomic E-state index is 2.61. The van der Waals surface area contributed by atoms with Crippen LogP contribution in [0.25, 0.3) is 0 Å². The van der Waals surface area contributed by atoms with Crippen molar-refractivity contribution >= 4 is 0 Å². The Labute approximate surface area is 97.2 Å². The lowest BCUT2D eigenvalue weighted by Gasteiger charge is -2.32. The molecule has 0 aliphatic carbocycles. The predicted octanol–water partition coefficient (Wildman–Crippen LogP) is 4.32. The van der Waals surface area contributed by atoms with Gasteiger partial charge in [0.15, 0.2) is 0 Å². The van der Waals surface area contributed by atoms with Crippen LogP contribution in [0, 0.1) is 5.41 Å². The van der Waals surface area contributed by atoms with E-state index in [0.29, 0.717) is 5.41 Å². The van der Waals surface area contributed by atoms with Crippen molar-refractivity contribution in [3.63, 3.8) is 0 Å². The van der Waals surface area contributed by atoms with Gasteiger partial charge in [0.2, 0.25) is 0 Å². The second-order valence-electron chi connectivity index (χ2n) is 5.49. The molecule has 0 aliphatic rings. The molecule has 0 spiro atoms. The smallest absolute Gasteiger partial charge is 0.00326 e. The van der Waals surface area contributed by atoms with Gasteiger partial charge in [0.25, 0.3) is 0 Å². The number of rotatable bonds is 9. The standard InChI is InChI=1S/C14H31N/c1-6-9-11-14(4,5)13-15(8-3)12-10-7-2/h6-13H2,1-5H3. The van der Waals surface area contributed by atoms with Gasteiger partial charge < -0.3 is 4.90 Å². The predicted molar refractivity (Wildman–Crippen MR) is 70.3 cm³/mol. The average Bonchev–Trinajstić information content (AvgIpc) is 2.21. The Balaban J connectivity index is 3.90. The van der Waals surface area contributed by atoms with Crippen LogP contribution in [0.5, 0.6) is 0 Å². The topological polar surface area (TPSA) is 3.24 Å². The van der Waals surface area contributed by atoms with Crippen LogP contribution in [0.4, 0.5) is 0 Å². The molecule has 0 bridgehead atoms. The molecular weight excluding hydrogens is 182 g/mol. The molecule has 0 aliphatic heterocycles. The van der Waals surface area contributed by atoms with Crippen LogP contribution in [0.1, 0.15) is 66.7 Å². The van der Waals surface area contributed by atoms with E-state index >= 15 is 0 Å². The van der Waals surface area contributed by atoms with Crippen LogP contribution < -0.4 is 0 Å². The molecule has 0 aromatic heterocycles. The maximum atomic E-state index is 2.61. The first-order chi connectivity index (χ1) is 7.05. The molecule has 0 rings (SSSR count). The highest BCUT2D eigenvalue weighted by Gasteiger charge is 2.19. The molecule has 0 heterocycles. The van der Waals surface area contributed by atoms with Gasteiger partial charge in [0.1, 0.15) is 0 Å². The fraction of sp³-hybridized carbons (Fsp3) is 1.00. The summed E-state index contributed by atoms with van der Waals surface area (Å²) in [6.45, 7) is 15.4. The lowest BCUT2D eigenvalue weighted by molar-refractivity contribution is 0.170. The van der Waals surface area contributed by atoms with Crippen molar-refractivity contribution in [1.29, 1.82) is 0 Å². The molecule has 15 heavy (non-hydrogen) atoms. The number of hydrogen-bond donors (Lipinski definition) is 0. The first kappa shape index (κ1) is 15.0. The van der Waals surface area contributed by atoms with E-state index < -0.39 is 0 Å². The van der Waals surface area contributed by atoms with Crippen molar-refractivity contribution in [3.8, 4) is 0 Å². The van der Waals surface area contributed by atoms with Crippen molar-refractivity contribution in [2.45, 2.75) is 66.7 Å². The lowest BCUT2D eigenvalue weighted by Crippen LogP contribution is -2.34. The number of hydrogen-bond acceptors (Lipinski definition) is 1. The molecule has 1 nitrogen and oxygen atoms in total. The van der Waals surface area contributed by atoms with Gasteiger partial charge in [-0.2, -0.15) is 0 Å². The zero-order valence-electron chi connectivity index (χ0n) is 11.6. The summed E-state index contributed by atoms with van der Waals surface area (Å²) in [7, 11) is 0. The fourth-order valence-corrected chi connectivity index (χ4v) is 2.07. The highest BCUT2D eigenvalue weighted by molar-refractivity contribution is 4.73. The van der Waals surface area contributed by atoms with Crippen molar-refractivity contribution in [2.24, 2.45) is 5.41 Å². The molecule has 92 valence electrons. The fourth-order valence-electron chi connectivity index (χ4n) is 2.07. The molecule has 0 unspecified atom stereocenters. The second kappa shape index (κ2) is 8.15.